The van der Waals surface area contributed by atoms with E-state index in [1.54, 1.807) is 0 Å². The van der Waals surface area contributed by atoms with Crippen LogP contribution in [-0.4, -0.2) is 20.6 Å². The highest BCUT2D eigenvalue weighted by atomic mass is 15.9. The smallest absolute Gasteiger partial charge is 0.116 e. The van der Waals surface area contributed by atoms with Crippen LogP contribution in [0.1, 0.15) is 35.3 Å². The van der Waals surface area contributed by atoms with Gasteiger partial charge in [-0.2, -0.15) is 0 Å². The van der Waals surface area contributed by atoms with Crippen molar-refractivity contribution in [2.45, 2.75) is 37.6 Å². The molecule has 0 saturated carbocycles. The molecule has 0 spiro atoms. The number of fused-ring (bicyclic) bond motifs is 6. The van der Waals surface area contributed by atoms with Crippen molar-refractivity contribution in [2.24, 2.45) is 0 Å². The van der Waals surface area contributed by atoms with E-state index in [2.05, 4.69) is 227 Å². The lowest BCUT2D eigenvalue weighted by Gasteiger charge is -2.34. The highest BCUT2D eigenvalue weighted by Gasteiger charge is 2.47. The van der Waals surface area contributed by atoms with Crippen LogP contribution >= 0.6 is 0 Å². The summed E-state index contributed by atoms with van der Waals surface area (Å²) in [4.78, 5) is 2.54. The highest BCUT2D eigenvalue weighted by Crippen LogP contribution is 2.53. The Balaban J connectivity index is 0.946. The molecule has 7 aromatic carbocycles. The van der Waals surface area contributed by atoms with E-state index in [-0.39, 0.29) is 17.6 Å². The quantitative estimate of drug-likeness (QED) is 0.145. The predicted octanol–water partition coefficient (Wildman–Crippen LogP) is 12.3. The van der Waals surface area contributed by atoms with Crippen molar-refractivity contribution in [2.75, 3.05) is 4.90 Å². The zero-order valence-electron chi connectivity index (χ0n) is 31.4. The third-order valence-electron chi connectivity index (χ3n) is 12.3. The number of allylic oxidation sites excluding steroid dienone is 2. The third kappa shape index (κ3) is 5.36. The third-order valence-corrected chi connectivity index (χ3v) is 12.3. The fraction of sp³-hybridized carbons (Fsp3) is 0.115. The number of anilines is 2. The van der Waals surface area contributed by atoms with Gasteiger partial charge in [-0.3, -0.25) is 0 Å². The van der Waals surface area contributed by atoms with Gasteiger partial charge >= 0.3 is 0 Å². The maximum Gasteiger partial charge on any atom is 0.116 e. The monoisotopic (exact) mass is 722 g/mol. The molecule has 1 aliphatic carbocycles. The maximum absolute atomic E-state index is 2.54. The minimum Gasteiger partial charge on any atom is -0.333 e. The van der Waals surface area contributed by atoms with Gasteiger partial charge in [0.25, 0.3) is 0 Å². The van der Waals surface area contributed by atoms with Crippen molar-refractivity contribution < 1.29 is 0 Å². The van der Waals surface area contributed by atoms with Crippen molar-refractivity contribution >= 4 is 33.2 Å². The number of aromatic nitrogens is 1. The first kappa shape index (κ1) is 32.9. The Kier molecular flexibility index (Phi) is 7.70. The fourth-order valence-electron chi connectivity index (χ4n) is 9.43. The summed E-state index contributed by atoms with van der Waals surface area (Å²) in [7, 11) is 0. The molecule has 1 fully saturated rings. The van der Waals surface area contributed by atoms with Gasteiger partial charge in [0.1, 0.15) is 6.17 Å². The normalized spacial score (nSPS) is 22.1. The number of hydrazine groups is 1. The molecule has 2 aliphatic heterocycles. The zero-order chi connectivity index (χ0) is 37.2. The van der Waals surface area contributed by atoms with Crippen LogP contribution in [0.3, 0.4) is 0 Å². The number of hydrogen-bond donors (Lipinski definition) is 0. The van der Waals surface area contributed by atoms with Crippen LogP contribution in [0, 0.1) is 0 Å². The van der Waals surface area contributed by atoms with Crippen LogP contribution in [0.5, 0.6) is 0 Å². The van der Waals surface area contributed by atoms with E-state index < -0.39 is 0 Å². The van der Waals surface area contributed by atoms with Gasteiger partial charge in [0, 0.05) is 46.3 Å². The second kappa shape index (κ2) is 13.1. The van der Waals surface area contributed by atoms with E-state index in [4.69, 9.17) is 0 Å². The summed E-state index contributed by atoms with van der Waals surface area (Å²) >= 11 is 0. The average Bonchev–Trinajstić information content (AvgIpc) is 3.70. The summed E-state index contributed by atoms with van der Waals surface area (Å²) in [6, 6.07) is 64.7. The highest BCUT2D eigenvalue weighted by molar-refractivity contribution is 6.11. The van der Waals surface area contributed by atoms with Crippen LogP contribution in [0.4, 0.5) is 11.4 Å². The molecule has 0 radical (unpaired) electrons. The summed E-state index contributed by atoms with van der Waals surface area (Å²) in [6.45, 7) is 4.16. The van der Waals surface area contributed by atoms with Crippen LogP contribution in [-0.2, 0) is 18.5 Å². The molecule has 0 N–H and O–H groups in total. The molecular formula is C52H42N4. The summed E-state index contributed by atoms with van der Waals surface area (Å²) in [6.07, 6.45) is 9.45. The SMILES string of the molecule is CC12C=CC=CC1N(c1ccccc1)c1cc3c(cc12)c1ccccc1n3-c1cccc(-c2ccc(CN3C(c4ccccc4)N3Cc3ccccc3)cc2)c1. The van der Waals surface area contributed by atoms with E-state index >= 15 is 0 Å². The molecule has 5 atom stereocenters. The Bertz CT molecular complexity index is 2780. The molecule has 56 heavy (non-hydrogen) atoms. The Morgan fingerprint density at radius 3 is 1.95 bits per heavy atom. The molecule has 0 amide bonds. The molecule has 1 saturated heterocycles. The zero-order valence-corrected chi connectivity index (χ0v) is 31.4. The van der Waals surface area contributed by atoms with Gasteiger partial charge in [-0.15, -0.1) is 0 Å². The van der Waals surface area contributed by atoms with E-state index in [0.29, 0.717) is 0 Å². The van der Waals surface area contributed by atoms with Crippen LogP contribution < -0.4 is 4.90 Å². The minimum absolute atomic E-state index is 0.136. The Hall–Kier alpha value is -6.46. The summed E-state index contributed by atoms with van der Waals surface area (Å²) in [5.74, 6) is 0. The largest absolute Gasteiger partial charge is 0.333 e. The number of hydrogen-bond acceptors (Lipinski definition) is 3. The molecule has 3 aliphatic rings. The first-order valence-corrected chi connectivity index (χ1v) is 19.7. The lowest BCUT2D eigenvalue weighted by atomic mass is 9.76. The van der Waals surface area contributed by atoms with Crippen molar-refractivity contribution in [3.63, 3.8) is 0 Å². The van der Waals surface area contributed by atoms with Crippen molar-refractivity contribution in [3.05, 3.63) is 222 Å². The van der Waals surface area contributed by atoms with Gasteiger partial charge in [-0.05, 0) is 82.8 Å². The van der Waals surface area contributed by atoms with Crippen LogP contribution in [0.2, 0.25) is 0 Å². The maximum atomic E-state index is 2.54. The minimum atomic E-state index is -0.136. The van der Waals surface area contributed by atoms with Crippen molar-refractivity contribution in [1.82, 2.24) is 14.6 Å². The van der Waals surface area contributed by atoms with Gasteiger partial charge in [0.2, 0.25) is 0 Å². The van der Waals surface area contributed by atoms with E-state index in [9.17, 15) is 0 Å². The molecule has 4 nitrogen and oxygen atoms in total. The first-order valence-electron chi connectivity index (χ1n) is 19.7. The lowest BCUT2D eigenvalue weighted by molar-refractivity contribution is 0.293. The number of nitrogens with zero attached hydrogens (tertiary/aromatic N) is 4. The fourth-order valence-corrected chi connectivity index (χ4v) is 9.43. The standard InChI is InChI=1S/C52H42N4/c1-52-31-14-13-26-50(52)56(42-21-9-4-10-22-42)49-34-48-45(33-46(49)52)44-24-11-12-25-47(44)55(48)43-23-15-20-41(32-43)39-29-27-38(28-30-39)36-54-51(40-18-7-3-8-19-40)53(54)35-37-16-5-2-6-17-37/h2-34,50-51H,35-36H2,1H3. The van der Waals surface area contributed by atoms with Crippen LogP contribution in [0.15, 0.2) is 200 Å². The summed E-state index contributed by atoms with van der Waals surface area (Å²) in [5.41, 5.74) is 13.7. The van der Waals surface area contributed by atoms with Gasteiger partial charge in [0.15, 0.2) is 0 Å². The molecule has 3 heterocycles. The average molecular weight is 723 g/mol. The van der Waals surface area contributed by atoms with Crippen molar-refractivity contribution in [1.29, 1.82) is 0 Å². The van der Waals surface area contributed by atoms with Crippen molar-refractivity contribution in [3.8, 4) is 16.8 Å². The van der Waals surface area contributed by atoms with E-state index in [0.717, 1.165) is 18.8 Å². The second-order valence-corrected chi connectivity index (χ2v) is 15.6. The number of benzene rings is 7. The number of para-hydroxylation sites is 2. The summed E-state index contributed by atoms with van der Waals surface area (Å²) in [5, 5.41) is 7.53. The Morgan fingerprint density at radius 2 is 1.18 bits per heavy atom. The summed E-state index contributed by atoms with van der Waals surface area (Å²) < 4.78 is 2.47. The van der Waals surface area contributed by atoms with E-state index in [1.807, 2.05) is 0 Å². The molecule has 4 heteroatoms. The van der Waals surface area contributed by atoms with Gasteiger partial charge < -0.3 is 9.47 Å². The number of rotatable bonds is 8. The van der Waals surface area contributed by atoms with Gasteiger partial charge in [-0.1, -0.05) is 158 Å². The van der Waals surface area contributed by atoms with Gasteiger partial charge in [0.05, 0.1) is 17.1 Å². The Morgan fingerprint density at radius 1 is 0.518 bits per heavy atom. The topological polar surface area (TPSA) is 14.2 Å². The van der Waals surface area contributed by atoms with E-state index in [1.165, 1.54) is 66.6 Å². The lowest BCUT2D eigenvalue weighted by Crippen LogP contribution is -2.39. The molecule has 11 rings (SSSR count). The van der Waals surface area contributed by atoms with Crippen LogP contribution in [0.25, 0.3) is 38.6 Å². The second-order valence-electron chi connectivity index (χ2n) is 15.6. The Labute approximate surface area is 328 Å². The molecule has 5 unspecified atom stereocenters. The molecule has 8 aromatic rings. The molecular weight excluding hydrogens is 681 g/mol. The molecule has 1 aromatic heterocycles. The molecule has 270 valence electrons. The molecule has 0 bridgehead atoms. The van der Waals surface area contributed by atoms with Gasteiger partial charge in [-0.25, -0.2) is 10.0 Å². The predicted molar refractivity (Wildman–Crippen MR) is 231 cm³/mol. The first-order chi connectivity index (χ1) is 27.6.